The average molecular weight is 217 g/mol. The fourth-order valence-electron chi connectivity index (χ4n) is 1.69. The standard InChI is InChI=1S/C13H15NS/c1-14(8-9-15)13-7-6-11-4-2-3-5-12(11)10-13/h2-7,10,15H,8-9H2,1H3. The quantitative estimate of drug-likeness (QED) is 0.773. The second kappa shape index (κ2) is 4.58. The van der Waals surface area contributed by atoms with E-state index in [1.54, 1.807) is 0 Å². The molecule has 0 heterocycles. The predicted molar refractivity (Wildman–Crippen MR) is 71.1 cm³/mol. The lowest BCUT2D eigenvalue weighted by atomic mass is 10.1. The Bertz CT molecular complexity index is 453. The fourth-order valence-corrected chi connectivity index (χ4v) is 1.99. The van der Waals surface area contributed by atoms with Crippen molar-refractivity contribution in [3.63, 3.8) is 0 Å². The molecule has 15 heavy (non-hydrogen) atoms. The van der Waals surface area contributed by atoms with E-state index in [0.717, 1.165) is 12.3 Å². The SMILES string of the molecule is CN(CCS)c1ccc2ccccc2c1. The molecule has 0 aliphatic carbocycles. The molecule has 0 amide bonds. The smallest absolute Gasteiger partial charge is 0.0370 e. The van der Waals surface area contributed by atoms with Crippen LogP contribution in [0.25, 0.3) is 10.8 Å². The van der Waals surface area contributed by atoms with Crippen molar-refractivity contribution >= 4 is 29.1 Å². The fraction of sp³-hybridized carbons (Fsp3) is 0.231. The molecule has 0 fully saturated rings. The molecule has 2 heteroatoms. The van der Waals surface area contributed by atoms with Crippen molar-refractivity contribution in [3.8, 4) is 0 Å². The Balaban J connectivity index is 2.38. The van der Waals surface area contributed by atoms with Crippen molar-refractivity contribution in [2.24, 2.45) is 0 Å². The number of thiol groups is 1. The van der Waals surface area contributed by atoms with Crippen LogP contribution in [0.4, 0.5) is 5.69 Å². The maximum Gasteiger partial charge on any atom is 0.0370 e. The first kappa shape index (κ1) is 10.4. The zero-order valence-corrected chi connectivity index (χ0v) is 9.74. The van der Waals surface area contributed by atoms with Gasteiger partial charge in [0.05, 0.1) is 0 Å². The lowest BCUT2D eigenvalue weighted by Gasteiger charge is -2.18. The third kappa shape index (κ3) is 2.26. The van der Waals surface area contributed by atoms with Crippen molar-refractivity contribution in [1.82, 2.24) is 0 Å². The van der Waals surface area contributed by atoms with Crippen LogP contribution in [0.3, 0.4) is 0 Å². The van der Waals surface area contributed by atoms with E-state index in [1.807, 2.05) is 0 Å². The molecular weight excluding hydrogens is 202 g/mol. The molecule has 78 valence electrons. The first-order chi connectivity index (χ1) is 7.31. The number of hydrogen-bond donors (Lipinski definition) is 1. The van der Waals surface area contributed by atoms with Gasteiger partial charge in [0, 0.05) is 25.0 Å². The molecule has 2 rings (SSSR count). The molecule has 0 bridgehead atoms. The minimum atomic E-state index is 0.878. The molecule has 0 N–H and O–H groups in total. The Hall–Kier alpha value is -1.15. The number of rotatable bonds is 3. The van der Waals surface area contributed by atoms with E-state index in [2.05, 4.69) is 67.0 Å². The molecule has 0 spiro atoms. The van der Waals surface area contributed by atoms with Gasteiger partial charge in [0.2, 0.25) is 0 Å². The molecule has 1 nitrogen and oxygen atoms in total. The van der Waals surface area contributed by atoms with Crippen LogP contribution < -0.4 is 4.90 Å². The number of hydrogen-bond acceptors (Lipinski definition) is 2. The van der Waals surface area contributed by atoms with E-state index in [4.69, 9.17) is 0 Å². The lowest BCUT2D eigenvalue weighted by molar-refractivity contribution is 0.981. The monoisotopic (exact) mass is 217 g/mol. The largest absolute Gasteiger partial charge is 0.374 e. The van der Waals surface area contributed by atoms with Crippen LogP contribution in [0.5, 0.6) is 0 Å². The summed E-state index contributed by atoms with van der Waals surface area (Å²) in [7, 11) is 2.10. The minimum Gasteiger partial charge on any atom is -0.374 e. The Labute approximate surface area is 96.1 Å². The summed E-state index contributed by atoms with van der Waals surface area (Å²) in [6.45, 7) is 0.974. The van der Waals surface area contributed by atoms with E-state index >= 15 is 0 Å². The molecule has 0 unspecified atom stereocenters. The van der Waals surface area contributed by atoms with E-state index in [-0.39, 0.29) is 0 Å². The van der Waals surface area contributed by atoms with Crippen LogP contribution in [-0.2, 0) is 0 Å². The second-order valence-corrected chi connectivity index (χ2v) is 4.12. The van der Waals surface area contributed by atoms with Crippen LogP contribution in [0, 0.1) is 0 Å². The molecule has 0 aliphatic rings. The van der Waals surface area contributed by atoms with Crippen molar-refractivity contribution in [1.29, 1.82) is 0 Å². The normalized spacial score (nSPS) is 10.5. The Morgan fingerprint density at radius 2 is 1.80 bits per heavy atom. The molecular formula is C13H15NS. The number of nitrogens with zero attached hydrogens (tertiary/aromatic N) is 1. The van der Waals surface area contributed by atoms with Gasteiger partial charge < -0.3 is 4.90 Å². The first-order valence-electron chi connectivity index (χ1n) is 5.12. The summed E-state index contributed by atoms with van der Waals surface area (Å²) >= 11 is 4.24. The van der Waals surface area contributed by atoms with Crippen molar-refractivity contribution in [2.45, 2.75) is 0 Å². The van der Waals surface area contributed by atoms with E-state index in [9.17, 15) is 0 Å². The van der Waals surface area contributed by atoms with Gasteiger partial charge in [-0.15, -0.1) is 0 Å². The topological polar surface area (TPSA) is 3.24 Å². The summed E-state index contributed by atoms with van der Waals surface area (Å²) in [4.78, 5) is 2.22. The zero-order chi connectivity index (χ0) is 10.7. The number of anilines is 1. The Morgan fingerprint density at radius 1 is 1.07 bits per heavy atom. The highest BCUT2D eigenvalue weighted by Gasteiger charge is 2.00. The molecule has 0 radical (unpaired) electrons. The summed E-state index contributed by atoms with van der Waals surface area (Å²) in [5, 5.41) is 2.58. The molecule has 2 aromatic carbocycles. The van der Waals surface area contributed by atoms with Gasteiger partial charge in [-0.1, -0.05) is 30.3 Å². The summed E-state index contributed by atoms with van der Waals surface area (Å²) in [6.07, 6.45) is 0. The van der Waals surface area contributed by atoms with Crippen molar-refractivity contribution in [3.05, 3.63) is 42.5 Å². The van der Waals surface area contributed by atoms with Gasteiger partial charge in [-0.3, -0.25) is 0 Å². The van der Waals surface area contributed by atoms with E-state index < -0.39 is 0 Å². The van der Waals surface area contributed by atoms with Crippen molar-refractivity contribution < 1.29 is 0 Å². The maximum absolute atomic E-state index is 4.24. The van der Waals surface area contributed by atoms with Gasteiger partial charge in [-0.2, -0.15) is 12.6 Å². The van der Waals surface area contributed by atoms with Crippen molar-refractivity contribution in [2.75, 3.05) is 24.2 Å². The summed E-state index contributed by atoms with van der Waals surface area (Å²) in [5.74, 6) is 0.878. The van der Waals surface area contributed by atoms with Gasteiger partial charge >= 0.3 is 0 Å². The van der Waals surface area contributed by atoms with Gasteiger partial charge in [-0.05, 0) is 22.9 Å². The minimum absolute atomic E-state index is 0.878. The molecule has 0 atom stereocenters. The zero-order valence-electron chi connectivity index (χ0n) is 8.85. The van der Waals surface area contributed by atoms with Gasteiger partial charge in [-0.25, -0.2) is 0 Å². The maximum atomic E-state index is 4.24. The third-order valence-corrected chi connectivity index (χ3v) is 2.81. The van der Waals surface area contributed by atoms with Crippen LogP contribution >= 0.6 is 12.6 Å². The van der Waals surface area contributed by atoms with E-state index in [0.29, 0.717) is 0 Å². The van der Waals surface area contributed by atoms with Crippen LogP contribution in [-0.4, -0.2) is 19.3 Å². The highest BCUT2D eigenvalue weighted by molar-refractivity contribution is 7.80. The number of benzene rings is 2. The summed E-state index contributed by atoms with van der Waals surface area (Å²) < 4.78 is 0. The summed E-state index contributed by atoms with van der Waals surface area (Å²) in [6, 6.07) is 15.0. The molecule has 2 aromatic rings. The summed E-state index contributed by atoms with van der Waals surface area (Å²) in [5.41, 5.74) is 1.25. The van der Waals surface area contributed by atoms with Gasteiger partial charge in [0.25, 0.3) is 0 Å². The predicted octanol–water partition coefficient (Wildman–Crippen LogP) is 3.21. The third-order valence-electron chi connectivity index (χ3n) is 2.61. The van der Waals surface area contributed by atoms with Gasteiger partial charge in [0.1, 0.15) is 0 Å². The molecule has 0 saturated carbocycles. The van der Waals surface area contributed by atoms with E-state index in [1.165, 1.54) is 16.5 Å². The highest BCUT2D eigenvalue weighted by Crippen LogP contribution is 2.20. The van der Waals surface area contributed by atoms with Gasteiger partial charge in [0.15, 0.2) is 0 Å². The molecule has 0 aromatic heterocycles. The Kier molecular flexibility index (Phi) is 3.17. The van der Waals surface area contributed by atoms with Crippen LogP contribution in [0.2, 0.25) is 0 Å². The average Bonchev–Trinajstić information content (AvgIpc) is 2.29. The Morgan fingerprint density at radius 3 is 2.53 bits per heavy atom. The molecule has 0 aliphatic heterocycles. The number of fused-ring (bicyclic) bond motifs is 1. The highest BCUT2D eigenvalue weighted by atomic mass is 32.1. The second-order valence-electron chi connectivity index (χ2n) is 3.68. The lowest BCUT2D eigenvalue weighted by Crippen LogP contribution is -2.19. The van der Waals surface area contributed by atoms with Crippen LogP contribution in [0.1, 0.15) is 0 Å². The first-order valence-corrected chi connectivity index (χ1v) is 5.75. The molecule has 0 saturated heterocycles. The van der Waals surface area contributed by atoms with Crippen LogP contribution in [0.15, 0.2) is 42.5 Å².